The largest absolute Gasteiger partial charge is 0.326 e. The molecule has 2 nitrogen and oxygen atoms in total. The molecule has 1 amide bonds. The number of hydrogen-bond acceptors (Lipinski definition) is 1. The monoisotopic (exact) mass is 301 g/mol. The molecule has 0 fully saturated rings. The van der Waals surface area contributed by atoms with Crippen molar-refractivity contribution in [3.8, 4) is 0 Å². The molecule has 0 heterocycles. The van der Waals surface area contributed by atoms with Gasteiger partial charge in [0.05, 0.1) is 0 Å². The molecular weight excluding hydrogens is 282 g/mol. The van der Waals surface area contributed by atoms with Crippen LogP contribution in [0.2, 0.25) is 0 Å². The second kappa shape index (κ2) is 4.69. The molecule has 0 aliphatic carbocycles. The first kappa shape index (κ1) is 14.0. The standard InChI is InChI=1S/C21H19NO/c1-11-9-12(2)16-7-8-18-19(22-14(4)23)10-13(3)17-6-5-15(11)20(16)21(17)18/h5-10H,1-4H3,(H,22,23). The summed E-state index contributed by atoms with van der Waals surface area (Å²) in [5.74, 6) is -0.0354. The molecule has 0 atom stereocenters. The van der Waals surface area contributed by atoms with Gasteiger partial charge in [0.25, 0.3) is 0 Å². The number of benzene rings is 4. The lowest BCUT2D eigenvalue weighted by atomic mass is 9.88. The van der Waals surface area contributed by atoms with E-state index in [1.807, 2.05) is 0 Å². The van der Waals surface area contributed by atoms with E-state index in [-0.39, 0.29) is 5.91 Å². The summed E-state index contributed by atoms with van der Waals surface area (Å²) in [6.07, 6.45) is 0. The van der Waals surface area contributed by atoms with Crippen LogP contribution in [0.3, 0.4) is 0 Å². The third-order valence-electron chi connectivity index (χ3n) is 4.83. The van der Waals surface area contributed by atoms with Gasteiger partial charge in [0.15, 0.2) is 0 Å². The van der Waals surface area contributed by atoms with Crippen molar-refractivity contribution in [1.82, 2.24) is 0 Å². The van der Waals surface area contributed by atoms with Crippen molar-refractivity contribution in [1.29, 1.82) is 0 Å². The van der Waals surface area contributed by atoms with Crippen molar-refractivity contribution in [3.63, 3.8) is 0 Å². The van der Waals surface area contributed by atoms with E-state index in [1.165, 1.54) is 43.6 Å². The maximum Gasteiger partial charge on any atom is 0.221 e. The molecular formula is C21H19NO. The van der Waals surface area contributed by atoms with E-state index in [2.05, 4.69) is 62.5 Å². The van der Waals surface area contributed by atoms with Crippen LogP contribution < -0.4 is 5.32 Å². The number of aryl methyl sites for hydroxylation is 3. The van der Waals surface area contributed by atoms with Crippen molar-refractivity contribution in [2.45, 2.75) is 27.7 Å². The predicted octanol–water partition coefficient (Wildman–Crippen LogP) is 5.47. The molecule has 0 unspecified atom stereocenters. The first-order chi connectivity index (χ1) is 11.0. The van der Waals surface area contributed by atoms with Gasteiger partial charge in [-0.15, -0.1) is 0 Å². The predicted molar refractivity (Wildman–Crippen MR) is 98.7 cm³/mol. The molecule has 4 rings (SSSR count). The van der Waals surface area contributed by atoms with Gasteiger partial charge in [-0.1, -0.05) is 30.3 Å². The molecule has 0 saturated carbocycles. The van der Waals surface area contributed by atoms with E-state index >= 15 is 0 Å². The normalized spacial score (nSPS) is 11.7. The lowest BCUT2D eigenvalue weighted by Crippen LogP contribution is -2.06. The van der Waals surface area contributed by atoms with Crippen molar-refractivity contribution in [2.24, 2.45) is 0 Å². The highest BCUT2D eigenvalue weighted by molar-refractivity contribution is 6.27. The maximum atomic E-state index is 11.6. The van der Waals surface area contributed by atoms with Crippen LogP contribution in [0.1, 0.15) is 23.6 Å². The van der Waals surface area contributed by atoms with Crippen molar-refractivity contribution in [3.05, 3.63) is 53.1 Å². The minimum absolute atomic E-state index is 0.0354. The summed E-state index contributed by atoms with van der Waals surface area (Å²) in [6.45, 7) is 8.00. The fourth-order valence-electron chi connectivity index (χ4n) is 3.85. The minimum Gasteiger partial charge on any atom is -0.326 e. The van der Waals surface area contributed by atoms with Crippen molar-refractivity contribution < 1.29 is 4.79 Å². The van der Waals surface area contributed by atoms with Gasteiger partial charge < -0.3 is 5.32 Å². The number of anilines is 1. The minimum atomic E-state index is -0.0354. The summed E-state index contributed by atoms with van der Waals surface area (Å²) in [6, 6.07) is 13.1. The van der Waals surface area contributed by atoms with Gasteiger partial charge in [-0.2, -0.15) is 0 Å². The fraction of sp³-hybridized carbons (Fsp3) is 0.190. The van der Waals surface area contributed by atoms with E-state index < -0.39 is 0 Å². The molecule has 0 radical (unpaired) electrons. The number of nitrogens with one attached hydrogen (secondary N) is 1. The second-order valence-electron chi connectivity index (χ2n) is 6.50. The molecule has 23 heavy (non-hydrogen) atoms. The Morgan fingerprint density at radius 3 is 1.70 bits per heavy atom. The van der Waals surface area contributed by atoms with Gasteiger partial charge in [0.2, 0.25) is 5.91 Å². The molecule has 0 bridgehead atoms. The average Bonchev–Trinajstić information content (AvgIpc) is 2.49. The van der Waals surface area contributed by atoms with Gasteiger partial charge >= 0.3 is 0 Å². The number of amides is 1. The molecule has 0 aliphatic rings. The third kappa shape index (κ3) is 1.91. The number of rotatable bonds is 1. The highest BCUT2D eigenvalue weighted by atomic mass is 16.1. The lowest BCUT2D eigenvalue weighted by Gasteiger charge is -2.18. The molecule has 4 aromatic rings. The molecule has 0 aliphatic heterocycles. The molecule has 0 aromatic heterocycles. The Hall–Kier alpha value is -2.61. The van der Waals surface area contributed by atoms with E-state index in [9.17, 15) is 4.79 Å². The van der Waals surface area contributed by atoms with Crippen LogP contribution >= 0.6 is 0 Å². The Morgan fingerprint density at radius 1 is 0.739 bits per heavy atom. The molecule has 2 heteroatoms. The summed E-state index contributed by atoms with van der Waals surface area (Å²) in [5.41, 5.74) is 4.69. The number of hydrogen-bond donors (Lipinski definition) is 1. The molecule has 0 spiro atoms. The summed E-state index contributed by atoms with van der Waals surface area (Å²) in [7, 11) is 0. The first-order valence-corrected chi connectivity index (χ1v) is 7.93. The van der Waals surface area contributed by atoms with Crippen LogP contribution in [0.5, 0.6) is 0 Å². The number of carbonyl (C=O) groups is 1. The average molecular weight is 301 g/mol. The third-order valence-corrected chi connectivity index (χ3v) is 4.83. The molecule has 1 N–H and O–H groups in total. The SMILES string of the molecule is CC(=O)Nc1cc(C)c2ccc3c(C)cc(C)c4ccc1c2c34. The maximum absolute atomic E-state index is 11.6. The van der Waals surface area contributed by atoms with E-state index in [0.29, 0.717) is 0 Å². The van der Waals surface area contributed by atoms with Crippen LogP contribution in [0, 0.1) is 20.8 Å². The zero-order valence-corrected chi connectivity index (χ0v) is 13.9. The Labute approximate surface area is 135 Å². The van der Waals surface area contributed by atoms with Crippen LogP contribution in [0.25, 0.3) is 32.3 Å². The Bertz CT molecular complexity index is 1070. The Kier molecular flexibility index (Phi) is 2.86. The second-order valence-corrected chi connectivity index (χ2v) is 6.50. The highest BCUT2D eigenvalue weighted by Crippen LogP contribution is 2.41. The quantitative estimate of drug-likeness (QED) is 0.464. The fourth-order valence-corrected chi connectivity index (χ4v) is 3.85. The van der Waals surface area contributed by atoms with Gasteiger partial charge in [-0.25, -0.2) is 0 Å². The van der Waals surface area contributed by atoms with Crippen LogP contribution in [-0.4, -0.2) is 5.91 Å². The Balaban J connectivity index is 2.30. The van der Waals surface area contributed by atoms with Crippen LogP contribution in [0.4, 0.5) is 5.69 Å². The highest BCUT2D eigenvalue weighted by Gasteiger charge is 2.15. The van der Waals surface area contributed by atoms with Gasteiger partial charge in [-0.3, -0.25) is 4.79 Å². The molecule has 0 saturated heterocycles. The van der Waals surface area contributed by atoms with E-state index in [4.69, 9.17) is 0 Å². The summed E-state index contributed by atoms with van der Waals surface area (Å²) < 4.78 is 0. The van der Waals surface area contributed by atoms with E-state index in [0.717, 1.165) is 11.1 Å². The van der Waals surface area contributed by atoms with Crippen molar-refractivity contribution in [2.75, 3.05) is 5.32 Å². The lowest BCUT2D eigenvalue weighted by molar-refractivity contribution is -0.114. The Morgan fingerprint density at radius 2 is 1.17 bits per heavy atom. The first-order valence-electron chi connectivity index (χ1n) is 7.93. The summed E-state index contributed by atoms with van der Waals surface area (Å²) in [5, 5.41) is 10.5. The van der Waals surface area contributed by atoms with Crippen LogP contribution in [0.15, 0.2) is 36.4 Å². The smallest absolute Gasteiger partial charge is 0.221 e. The van der Waals surface area contributed by atoms with Gasteiger partial charge in [-0.05, 0) is 70.5 Å². The van der Waals surface area contributed by atoms with Crippen molar-refractivity contribution >= 4 is 43.9 Å². The summed E-state index contributed by atoms with van der Waals surface area (Å²) >= 11 is 0. The van der Waals surface area contributed by atoms with Gasteiger partial charge in [0.1, 0.15) is 0 Å². The zero-order chi connectivity index (χ0) is 16.3. The van der Waals surface area contributed by atoms with Crippen LogP contribution in [-0.2, 0) is 4.79 Å². The zero-order valence-electron chi connectivity index (χ0n) is 13.9. The van der Waals surface area contributed by atoms with E-state index in [1.54, 1.807) is 6.92 Å². The molecule has 4 aromatic carbocycles. The topological polar surface area (TPSA) is 29.1 Å². The molecule has 114 valence electrons. The number of carbonyl (C=O) groups excluding carboxylic acids is 1. The summed E-state index contributed by atoms with van der Waals surface area (Å²) in [4.78, 5) is 11.6. The van der Waals surface area contributed by atoms with Gasteiger partial charge in [0, 0.05) is 18.0 Å².